The number of nitrogens with zero attached hydrogens (tertiary/aromatic N) is 1. The summed E-state index contributed by atoms with van der Waals surface area (Å²) in [6.45, 7) is 6.77. The van der Waals surface area contributed by atoms with E-state index in [1.807, 2.05) is 36.7 Å². The Morgan fingerprint density at radius 2 is 1.60 bits per heavy atom. The fourth-order valence-corrected chi connectivity index (χ4v) is 3.51. The summed E-state index contributed by atoms with van der Waals surface area (Å²) in [4.78, 5) is 23.6. The number of aliphatic carboxylic acids is 2. The predicted octanol–water partition coefficient (Wildman–Crippen LogP) is 4.53. The van der Waals surface area contributed by atoms with Crippen LogP contribution in [0, 0.1) is 6.92 Å². The summed E-state index contributed by atoms with van der Waals surface area (Å²) in [5, 5.41) is 20.1. The first-order valence-electron chi connectivity index (χ1n) is 7.68. The SMILES string of the molecule is CC(C)=C(C(=O)O)/C(C(=O)O)=C(\C)c1c(C)n(C)c2cc(Br)ccc12. The van der Waals surface area contributed by atoms with Gasteiger partial charge in [0.15, 0.2) is 0 Å². The number of fused-ring (bicyclic) bond motifs is 1. The number of halogens is 1. The Morgan fingerprint density at radius 1 is 1.04 bits per heavy atom. The summed E-state index contributed by atoms with van der Waals surface area (Å²) in [6, 6.07) is 5.75. The number of aromatic nitrogens is 1. The Bertz CT molecular complexity index is 959. The van der Waals surface area contributed by atoms with E-state index in [-0.39, 0.29) is 11.1 Å². The molecule has 0 unspecified atom stereocenters. The standard InChI is InChI=1S/C19H20BrNO4/c1-9(2)15(18(22)23)17(19(24)25)10(3)16-11(4)21(5)14-8-12(20)6-7-13(14)16/h6-8H,1-5H3,(H,22,23)(H,24,25)/b17-10-. The second-order valence-electron chi connectivity index (χ2n) is 6.17. The van der Waals surface area contributed by atoms with E-state index in [0.717, 1.165) is 26.6 Å². The zero-order valence-corrected chi connectivity index (χ0v) is 16.4. The topological polar surface area (TPSA) is 79.5 Å². The average molecular weight is 406 g/mol. The highest BCUT2D eigenvalue weighted by molar-refractivity contribution is 9.10. The van der Waals surface area contributed by atoms with Crippen LogP contribution in [0.1, 0.15) is 32.0 Å². The zero-order chi connectivity index (χ0) is 19.0. The van der Waals surface area contributed by atoms with Crippen LogP contribution in [0.5, 0.6) is 0 Å². The van der Waals surface area contributed by atoms with Gasteiger partial charge in [-0.05, 0) is 45.4 Å². The maximum atomic E-state index is 11.9. The first kappa shape index (κ1) is 19.0. The number of carbonyl (C=O) groups is 2. The molecular formula is C19H20BrNO4. The molecule has 0 fully saturated rings. The molecule has 2 N–H and O–H groups in total. The predicted molar refractivity (Wildman–Crippen MR) is 102 cm³/mol. The van der Waals surface area contributed by atoms with Crippen LogP contribution < -0.4 is 0 Å². The van der Waals surface area contributed by atoms with Gasteiger partial charge in [0.1, 0.15) is 0 Å². The van der Waals surface area contributed by atoms with Crippen molar-refractivity contribution in [3.8, 4) is 0 Å². The van der Waals surface area contributed by atoms with Crippen LogP contribution in [0.3, 0.4) is 0 Å². The van der Waals surface area contributed by atoms with Gasteiger partial charge >= 0.3 is 11.9 Å². The van der Waals surface area contributed by atoms with Gasteiger partial charge in [-0.25, -0.2) is 9.59 Å². The van der Waals surface area contributed by atoms with E-state index in [9.17, 15) is 19.8 Å². The van der Waals surface area contributed by atoms with Crippen molar-refractivity contribution in [2.24, 2.45) is 7.05 Å². The molecule has 2 aromatic rings. The van der Waals surface area contributed by atoms with Crippen molar-refractivity contribution in [1.82, 2.24) is 4.57 Å². The third-order valence-corrected chi connectivity index (χ3v) is 4.88. The molecule has 0 aliphatic carbocycles. The Labute approximate surface area is 154 Å². The largest absolute Gasteiger partial charge is 0.478 e. The average Bonchev–Trinajstić information content (AvgIpc) is 2.74. The van der Waals surface area contributed by atoms with Gasteiger partial charge in [0.25, 0.3) is 0 Å². The maximum Gasteiger partial charge on any atom is 0.336 e. The quantitative estimate of drug-likeness (QED) is 0.578. The second-order valence-corrected chi connectivity index (χ2v) is 7.08. The van der Waals surface area contributed by atoms with E-state index in [2.05, 4.69) is 15.9 Å². The van der Waals surface area contributed by atoms with Crippen molar-refractivity contribution < 1.29 is 19.8 Å². The minimum absolute atomic E-state index is 0.168. The summed E-state index contributed by atoms with van der Waals surface area (Å²) >= 11 is 3.45. The number of carboxylic acids is 2. The Balaban J connectivity index is 2.96. The first-order valence-corrected chi connectivity index (χ1v) is 8.47. The lowest BCUT2D eigenvalue weighted by Gasteiger charge is -2.12. The third kappa shape index (κ3) is 3.26. The van der Waals surface area contributed by atoms with Gasteiger partial charge in [-0.2, -0.15) is 0 Å². The van der Waals surface area contributed by atoms with Crippen LogP contribution in [0.2, 0.25) is 0 Å². The lowest BCUT2D eigenvalue weighted by Crippen LogP contribution is -2.14. The summed E-state index contributed by atoms with van der Waals surface area (Å²) in [5.41, 5.74) is 3.12. The molecule has 6 heteroatoms. The van der Waals surface area contributed by atoms with Crippen molar-refractivity contribution >= 4 is 44.3 Å². The number of aryl methyl sites for hydroxylation is 1. The molecular weight excluding hydrogens is 386 g/mol. The molecule has 132 valence electrons. The molecule has 0 saturated heterocycles. The highest BCUT2D eigenvalue weighted by atomic mass is 79.9. The van der Waals surface area contributed by atoms with Gasteiger partial charge < -0.3 is 14.8 Å². The highest BCUT2D eigenvalue weighted by Gasteiger charge is 2.26. The molecule has 5 nitrogen and oxygen atoms in total. The minimum atomic E-state index is -1.25. The van der Waals surface area contributed by atoms with Crippen LogP contribution in [-0.4, -0.2) is 26.7 Å². The molecule has 0 amide bonds. The molecule has 25 heavy (non-hydrogen) atoms. The molecule has 0 saturated carbocycles. The van der Waals surface area contributed by atoms with Gasteiger partial charge in [0, 0.05) is 33.7 Å². The van der Waals surface area contributed by atoms with E-state index in [1.54, 1.807) is 20.8 Å². The lowest BCUT2D eigenvalue weighted by atomic mass is 9.92. The van der Waals surface area contributed by atoms with E-state index < -0.39 is 11.9 Å². The summed E-state index contributed by atoms with van der Waals surface area (Å²) in [7, 11) is 1.90. The fraction of sp³-hybridized carbons (Fsp3) is 0.263. The normalized spacial score (nSPS) is 12.1. The molecule has 0 aliphatic heterocycles. The molecule has 2 rings (SSSR count). The van der Waals surface area contributed by atoms with Crippen molar-refractivity contribution in [1.29, 1.82) is 0 Å². The second kappa shape index (κ2) is 6.88. The minimum Gasteiger partial charge on any atom is -0.478 e. The van der Waals surface area contributed by atoms with Crippen molar-refractivity contribution in [2.45, 2.75) is 27.7 Å². The van der Waals surface area contributed by atoms with Crippen LogP contribution >= 0.6 is 15.9 Å². The highest BCUT2D eigenvalue weighted by Crippen LogP contribution is 2.35. The van der Waals surface area contributed by atoms with Crippen LogP contribution in [0.15, 0.2) is 39.4 Å². The van der Waals surface area contributed by atoms with E-state index in [1.165, 1.54) is 0 Å². The van der Waals surface area contributed by atoms with Crippen molar-refractivity contribution in [3.63, 3.8) is 0 Å². The van der Waals surface area contributed by atoms with Crippen molar-refractivity contribution in [3.05, 3.63) is 50.6 Å². The molecule has 0 radical (unpaired) electrons. The van der Waals surface area contributed by atoms with E-state index in [0.29, 0.717) is 11.1 Å². The van der Waals surface area contributed by atoms with Crippen LogP contribution in [0.25, 0.3) is 16.5 Å². The summed E-state index contributed by atoms with van der Waals surface area (Å²) < 4.78 is 2.89. The number of rotatable bonds is 4. The van der Waals surface area contributed by atoms with Gasteiger partial charge in [0.05, 0.1) is 11.1 Å². The Morgan fingerprint density at radius 3 is 2.08 bits per heavy atom. The monoisotopic (exact) mass is 405 g/mol. The van der Waals surface area contributed by atoms with Gasteiger partial charge in [0.2, 0.25) is 0 Å². The molecule has 1 aromatic carbocycles. The maximum absolute atomic E-state index is 11.9. The first-order chi connectivity index (χ1) is 11.6. The molecule has 0 bridgehead atoms. The van der Waals surface area contributed by atoms with Crippen molar-refractivity contribution in [2.75, 3.05) is 0 Å². The Hall–Kier alpha value is -2.34. The number of carboxylic acid groups (broad SMARTS) is 2. The Kier molecular flexibility index (Phi) is 5.23. The molecule has 0 spiro atoms. The lowest BCUT2D eigenvalue weighted by molar-refractivity contribution is -0.136. The summed E-state index contributed by atoms with van der Waals surface area (Å²) in [6.07, 6.45) is 0. The van der Waals surface area contributed by atoms with E-state index >= 15 is 0 Å². The molecule has 1 aromatic heterocycles. The summed E-state index contributed by atoms with van der Waals surface area (Å²) in [5.74, 6) is -2.48. The number of hydrogen-bond donors (Lipinski definition) is 2. The molecule has 1 heterocycles. The smallest absolute Gasteiger partial charge is 0.336 e. The number of allylic oxidation sites excluding steroid dienone is 2. The van der Waals surface area contributed by atoms with Gasteiger partial charge in [-0.3, -0.25) is 0 Å². The zero-order valence-electron chi connectivity index (χ0n) is 14.8. The van der Waals surface area contributed by atoms with Crippen LogP contribution in [-0.2, 0) is 16.6 Å². The number of hydrogen-bond acceptors (Lipinski definition) is 2. The molecule has 0 aliphatic rings. The van der Waals surface area contributed by atoms with Gasteiger partial charge in [-0.15, -0.1) is 0 Å². The fourth-order valence-electron chi connectivity index (χ4n) is 3.16. The molecule has 0 atom stereocenters. The van der Waals surface area contributed by atoms with Crippen LogP contribution in [0.4, 0.5) is 0 Å². The van der Waals surface area contributed by atoms with Gasteiger partial charge in [-0.1, -0.05) is 27.6 Å². The number of benzene rings is 1. The third-order valence-electron chi connectivity index (χ3n) is 4.38. The van der Waals surface area contributed by atoms with E-state index in [4.69, 9.17) is 0 Å².